The third-order valence-electron chi connectivity index (χ3n) is 1.23. The van der Waals surface area contributed by atoms with Gasteiger partial charge in [0.25, 0.3) is 0 Å². The molecule has 0 amide bonds. The van der Waals surface area contributed by atoms with E-state index in [-0.39, 0.29) is 12.4 Å². The Bertz CT molecular complexity index is 50.3. The molecule has 0 spiro atoms. The molecule has 0 aromatic rings. The van der Waals surface area contributed by atoms with E-state index in [1.807, 2.05) is 0 Å². The molecule has 0 bridgehead atoms. The lowest BCUT2D eigenvalue weighted by molar-refractivity contribution is 0.588. The molecule has 0 aromatic heterocycles. The van der Waals surface area contributed by atoms with E-state index in [1.54, 1.807) is 0 Å². The SMILES string of the molecule is CCC(N)CCCCl.Cl. The van der Waals surface area contributed by atoms with E-state index in [1.165, 1.54) is 0 Å². The summed E-state index contributed by atoms with van der Waals surface area (Å²) in [6, 6.07) is 0.369. The zero-order valence-corrected chi connectivity index (χ0v) is 7.34. The first-order valence-electron chi connectivity index (χ1n) is 3.12. The van der Waals surface area contributed by atoms with Crippen LogP contribution in [0.2, 0.25) is 0 Å². The van der Waals surface area contributed by atoms with E-state index < -0.39 is 0 Å². The lowest BCUT2D eigenvalue weighted by Crippen LogP contribution is -2.17. The fourth-order valence-corrected chi connectivity index (χ4v) is 0.698. The topological polar surface area (TPSA) is 26.0 Å². The predicted molar refractivity (Wildman–Crippen MR) is 45.5 cm³/mol. The van der Waals surface area contributed by atoms with Crippen LogP contribution in [0.3, 0.4) is 0 Å². The van der Waals surface area contributed by atoms with Gasteiger partial charge in [-0.05, 0) is 19.3 Å². The van der Waals surface area contributed by atoms with Crippen molar-refractivity contribution >= 4 is 24.0 Å². The van der Waals surface area contributed by atoms with Gasteiger partial charge < -0.3 is 5.73 Å². The Kier molecular flexibility index (Phi) is 11.6. The first kappa shape index (κ1) is 12.2. The summed E-state index contributed by atoms with van der Waals surface area (Å²) >= 11 is 5.45. The Morgan fingerprint density at radius 1 is 1.56 bits per heavy atom. The second-order valence-electron chi connectivity index (χ2n) is 2.00. The molecule has 0 aromatic carbocycles. The second kappa shape index (κ2) is 8.54. The highest BCUT2D eigenvalue weighted by molar-refractivity contribution is 6.17. The van der Waals surface area contributed by atoms with Crippen molar-refractivity contribution in [2.24, 2.45) is 5.73 Å². The summed E-state index contributed by atoms with van der Waals surface area (Å²) in [6.45, 7) is 2.10. The average Bonchev–Trinajstić information content (AvgIpc) is 1.83. The van der Waals surface area contributed by atoms with Gasteiger partial charge in [-0.15, -0.1) is 24.0 Å². The van der Waals surface area contributed by atoms with E-state index >= 15 is 0 Å². The van der Waals surface area contributed by atoms with Gasteiger partial charge in [0.05, 0.1) is 0 Å². The third kappa shape index (κ3) is 8.54. The minimum atomic E-state index is 0. The summed E-state index contributed by atoms with van der Waals surface area (Å²) in [5.74, 6) is 0.744. The van der Waals surface area contributed by atoms with Crippen molar-refractivity contribution in [1.82, 2.24) is 0 Å². The van der Waals surface area contributed by atoms with Crippen LogP contribution >= 0.6 is 24.0 Å². The number of nitrogens with two attached hydrogens (primary N) is 1. The highest BCUT2D eigenvalue weighted by Crippen LogP contribution is 1.98. The summed E-state index contributed by atoms with van der Waals surface area (Å²) < 4.78 is 0. The molecule has 0 radical (unpaired) electrons. The Balaban J connectivity index is 0. The lowest BCUT2D eigenvalue weighted by Gasteiger charge is -2.04. The largest absolute Gasteiger partial charge is 0.328 e. The summed E-state index contributed by atoms with van der Waals surface area (Å²) in [5.41, 5.74) is 5.60. The Hall–Kier alpha value is 0.540. The quantitative estimate of drug-likeness (QED) is 0.646. The van der Waals surface area contributed by atoms with Crippen LogP contribution < -0.4 is 5.73 Å². The molecule has 0 rings (SSSR count). The van der Waals surface area contributed by atoms with Crippen LogP contribution in [0.1, 0.15) is 26.2 Å². The van der Waals surface area contributed by atoms with E-state index in [9.17, 15) is 0 Å². The molecular formula is C6H15Cl2N. The zero-order chi connectivity index (χ0) is 6.41. The zero-order valence-electron chi connectivity index (χ0n) is 5.77. The minimum Gasteiger partial charge on any atom is -0.328 e. The Morgan fingerprint density at radius 2 is 2.11 bits per heavy atom. The van der Waals surface area contributed by atoms with E-state index in [0.29, 0.717) is 6.04 Å². The molecule has 0 aliphatic carbocycles. The van der Waals surface area contributed by atoms with Crippen molar-refractivity contribution in [2.75, 3.05) is 5.88 Å². The van der Waals surface area contributed by atoms with Gasteiger partial charge in [0, 0.05) is 11.9 Å². The van der Waals surface area contributed by atoms with Crippen molar-refractivity contribution in [3.8, 4) is 0 Å². The van der Waals surface area contributed by atoms with Crippen LogP contribution in [0.15, 0.2) is 0 Å². The molecule has 0 saturated heterocycles. The van der Waals surface area contributed by atoms with Crippen LogP contribution in [0.5, 0.6) is 0 Å². The molecule has 3 heteroatoms. The fraction of sp³-hybridized carbons (Fsp3) is 1.00. The maximum absolute atomic E-state index is 5.60. The molecule has 0 aliphatic rings. The van der Waals surface area contributed by atoms with Gasteiger partial charge >= 0.3 is 0 Å². The van der Waals surface area contributed by atoms with E-state index in [4.69, 9.17) is 17.3 Å². The van der Waals surface area contributed by atoms with Crippen molar-refractivity contribution < 1.29 is 0 Å². The van der Waals surface area contributed by atoms with Gasteiger partial charge in [0.2, 0.25) is 0 Å². The van der Waals surface area contributed by atoms with Gasteiger partial charge in [0.15, 0.2) is 0 Å². The molecule has 0 saturated carbocycles. The van der Waals surface area contributed by atoms with Crippen molar-refractivity contribution in [2.45, 2.75) is 32.2 Å². The number of hydrogen-bond acceptors (Lipinski definition) is 1. The number of rotatable bonds is 4. The maximum atomic E-state index is 5.60. The number of hydrogen-bond donors (Lipinski definition) is 1. The average molecular weight is 172 g/mol. The monoisotopic (exact) mass is 171 g/mol. The van der Waals surface area contributed by atoms with Crippen molar-refractivity contribution in [1.29, 1.82) is 0 Å². The van der Waals surface area contributed by atoms with Gasteiger partial charge in [-0.2, -0.15) is 0 Å². The van der Waals surface area contributed by atoms with Gasteiger partial charge in [-0.1, -0.05) is 6.92 Å². The third-order valence-corrected chi connectivity index (χ3v) is 1.50. The summed E-state index contributed by atoms with van der Waals surface area (Å²) in [5, 5.41) is 0. The van der Waals surface area contributed by atoms with Crippen molar-refractivity contribution in [3.63, 3.8) is 0 Å². The molecule has 1 unspecified atom stereocenters. The van der Waals surface area contributed by atoms with Crippen LogP contribution in [-0.2, 0) is 0 Å². The first-order valence-corrected chi connectivity index (χ1v) is 3.66. The molecule has 0 fully saturated rings. The Morgan fingerprint density at radius 3 is 2.44 bits per heavy atom. The van der Waals surface area contributed by atoms with Gasteiger partial charge in [0.1, 0.15) is 0 Å². The molecule has 9 heavy (non-hydrogen) atoms. The Labute approximate surface area is 68.4 Å². The lowest BCUT2D eigenvalue weighted by atomic mass is 10.1. The molecular weight excluding hydrogens is 157 g/mol. The molecule has 1 nitrogen and oxygen atoms in total. The molecule has 0 aliphatic heterocycles. The standard InChI is InChI=1S/C6H14ClN.ClH/c1-2-6(8)4-3-5-7;/h6H,2-5,8H2,1H3;1H. The van der Waals surface area contributed by atoms with E-state index in [2.05, 4.69) is 6.92 Å². The minimum absolute atomic E-state index is 0. The molecule has 58 valence electrons. The first-order chi connectivity index (χ1) is 3.81. The van der Waals surface area contributed by atoms with E-state index in [0.717, 1.165) is 25.1 Å². The van der Waals surface area contributed by atoms with Crippen LogP contribution in [-0.4, -0.2) is 11.9 Å². The van der Waals surface area contributed by atoms with Crippen LogP contribution in [0.25, 0.3) is 0 Å². The number of alkyl halides is 1. The highest BCUT2D eigenvalue weighted by atomic mass is 35.5. The summed E-state index contributed by atoms with van der Waals surface area (Å²) in [6.07, 6.45) is 3.19. The second-order valence-corrected chi connectivity index (χ2v) is 2.38. The molecule has 2 N–H and O–H groups in total. The van der Waals surface area contributed by atoms with Crippen LogP contribution in [0, 0.1) is 0 Å². The fourth-order valence-electron chi connectivity index (χ4n) is 0.543. The highest BCUT2D eigenvalue weighted by Gasteiger charge is 1.95. The molecule has 1 atom stereocenters. The normalized spacial score (nSPS) is 12.3. The smallest absolute Gasteiger partial charge is 0.0224 e. The van der Waals surface area contributed by atoms with Crippen LogP contribution in [0.4, 0.5) is 0 Å². The van der Waals surface area contributed by atoms with Crippen molar-refractivity contribution in [3.05, 3.63) is 0 Å². The molecule has 0 heterocycles. The predicted octanol–water partition coefficient (Wildman–Crippen LogP) is 2.16. The van der Waals surface area contributed by atoms with Gasteiger partial charge in [-0.3, -0.25) is 0 Å². The summed E-state index contributed by atoms with van der Waals surface area (Å²) in [4.78, 5) is 0. The summed E-state index contributed by atoms with van der Waals surface area (Å²) in [7, 11) is 0. The number of halogens is 2. The van der Waals surface area contributed by atoms with Gasteiger partial charge in [-0.25, -0.2) is 0 Å². The maximum Gasteiger partial charge on any atom is 0.0224 e.